The second kappa shape index (κ2) is 11.8. The van der Waals surface area contributed by atoms with Crippen LogP contribution >= 0.6 is 0 Å². The molecule has 2 atom stereocenters. The first-order chi connectivity index (χ1) is 17.0. The first kappa shape index (κ1) is 25.3. The van der Waals surface area contributed by atoms with Gasteiger partial charge in [-0.25, -0.2) is 0 Å². The number of carbonyl (C=O) groups excluding carboxylic acids is 2. The molecule has 2 amide bonds. The molecule has 188 valence electrons. The number of para-hydroxylation sites is 1. The van der Waals surface area contributed by atoms with E-state index in [1.807, 2.05) is 40.4 Å². The summed E-state index contributed by atoms with van der Waals surface area (Å²) in [5, 5.41) is 0. The van der Waals surface area contributed by atoms with Gasteiger partial charge in [0.05, 0.1) is 6.54 Å². The summed E-state index contributed by atoms with van der Waals surface area (Å²) in [6.07, 6.45) is 6.76. The molecule has 0 N–H and O–H groups in total. The number of benzene rings is 1. The minimum atomic E-state index is 0.0490. The third-order valence-electron chi connectivity index (χ3n) is 7.63. The lowest BCUT2D eigenvalue weighted by atomic mass is 10.1. The van der Waals surface area contributed by atoms with Gasteiger partial charge in [0.15, 0.2) is 0 Å². The summed E-state index contributed by atoms with van der Waals surface area (Å²) in [6, 6.07) is 12.9. The van der Waals surface area contributed by atoms with Gasteiger partial charge in [-0.2, -0.15) is 0 Å². The van der Waals surface area contributed by atoms with Gasteiger partial charge in [-0.05, 0) is 61.7 Å². The van der Waals surface area contributed by atoms with Crippen molar-refractivity contribution in [2.24, 2.45) is 0 Å². The van der Waals surface area contributed by atoms with Crippen molar-refractivity contribution in [1.29, 1.82) is 0 Å². The molecule has 2 aliphatic rings. The monoisotopic (exact) mass is 477 g/mol. The zero-order chi connectivity index (χ0) is 24.8. The van der Waals surface area contributed by atoms with Crippen molar-refractivity contribution in [2.45, 2.75) is 65.2 Å². The molecule has 0 aliphatic carbocycles. The summed E-state index contributed by atoms with van der Waals surface area (Å²) in [5.41, 5.74) is 3.20. The highest BCUT2D eigenvalue weighted by Crippen LogP contribution is 2.32. The lowest BCUT2D eigenvalue weighted by molar-refractivity contribution is -0.133. The third kappa shape index (κ3) is 6.08. The number of pyridine rings is 1. The quantitative estimate of drug-likeness (QED) is 0.637. The Morgan fingerprint density at radius 2 is 1.71 bits per heavy atom. The van der Waals surface area contributed by atoms with E-state index in [-0.39, 0.29) is 11.8 Å². The summed E-state index contributed by atoms with van der Waals surface area (Å²) in [4.78, 5) is 39.2. The van der Waals surface area contributed by atoms with Crippen molar-refractivity contribution in [3.05, 3.63) is 59.9 Å². The molecule has 0 radical (unpaired) electrons. The number of amides is 2. The highest BCUT2D eigenvalue weighted by molar-refractivity contribution is 5.92. The normalized spacial score (nSPS) is 21.0. The molecular formula is C28H39N5O2. The maximum Gasteiger partial charge on any atom is 0.237 e. The molecule has 1 aromatic heterocycles. The van der Waals surface area contributed by atoms with Crippen molar-refractivity contribution in [1.82, 2.24) is 19.7 Å². The molecule has 2 aliphatic heterocycles. The zero-order valence-electron chi connectivity index (χ0n) is 21.4. The second-order valence-electron chi connectivity index (χ2n) is 9.74. The van der Waals surface area contributed by atoms with Gasteiger partial charge in [-0.3, -0.25) is 24.4 Å². The first-order valence-electron chi connectivity index (χ1n) is 13.0. The van der Waals surface area contributed by atoms with Gasteiger partial charge in [-0.15, -0.1) is 0 Å². The molecule has 1 fully saturated rings. The fourth-order valence-corrected chi connectivity index (χ4v) is 5.56. The molecule has 1 aromatic carbocycles. The number of carbonyl (C=O) groups is 2. The number of nitrogens with zero attached hydrogens (tertiary/aromatic N) is 5. The number of rotatable bonds is 6. The predicted octanol–water partition coefficient (Wildman–Crippen LogP) is 3.54. The van der Waals surface area contributed by atoms with E-state index in [0.717, 1.165) is 50.1 Å². The minimum absolute atomic E-state index is 0.0490. The Kier molecular flexibility index (Phi) is 8.52. The fraction of sp³-hybridized carbons (Fsp3) is 0.536. The average Bonchev–Trinajstić information content (AvgIpc) is 3.22. The van der Waals surface area contributed by atoms with E-state index < -0.39 is 0 Å². The van der Waals surface area contributed by atoms with E-state index >= 15 is 0 Å². The van der Waals surface area contributed by atoms with Crippen LogP contribution in [-0.2, 0) is 22.7 Å². The maximum absolute atomic E-state index is 13.6. The average molecular weight is 478 g/mol. The Morgan fingerprint density at radius 3 is 2.43 bits per heavy atom. The van der Waals surface area contributed by atoms with Crippen LogP contribution in [0.25, 0.3) is 0 Å². The van der Waals surface area contributed by atoms with Crippen LogP contribution in [0.5, 0.6) is 0 Å². The molecule has 3 heterocycles. The van der Waals surface area contributed by atoms with E-state index in [0.29, 0.717) is 38.3 Å². The summed E-state index contributed by atoms with van der Waals surface area (Å²) < 4.78 is 0. The number of hydrogen-bond acceptors (Lipinski definition) is 5. The van der Waals surface area contributed by atoms with Crippen LogP contribution in [0.2, 0.25) is 0 Å². The highest BCUT2D eigenvalue weighted by atomic mass is 16.2. The number of anilines is 1. The Morgan fingerprint density at radius 1 is 1.00 bits per heavy atom. The third-order valence-corrected chi connectivity index (χ3v) is 7.63. The fourth-order valence-electron chi connectivity index (χ4n) is 5.56. The van der Waals surface area contributed by atoms with Crippen molar-refractivity contribution in [2.75, 3.05) is 37.6 Å². The Labute approximate surface area is 209 Å². The summed E-state index contributed by atoms with van der Waals surface area (Å²) in [7, 11) is 0. The Hall–Kier alpha value is -2.77. The summed E-state index contributed by atoms with van der Waals surface area (Å²) in [6.45, 7) is 10.7. The van der Waals surface area contributed by atoms with Crippen molar-refractivity contribution >= 4 is 17.5 Å². The van der Waals surface area contributed by atoms with Crippen LogP contribution in [0, 0.1) is 0 Å². The molecule has 0 spiro atoms. The van der Waals surface area contributed by atoms with Gasteiger partial charge in [0.1, 0.15) is 0 Å². The largest absolute Gasteiger partial charge is 0.336 e. The maximum atomic E-state index is 13.6. The van der Waals surface area contributed by atoms with Crippen molar-refractivity contribution in [3.63, 3.8) is 0 Å². The van der Waals surface area contributed by atoms with E-state index in [2.05, 4.69) is 46.8 Å². The molecule has 2 aromatic rings. The van der Waals surface area contributed by atoms with Gasteiger partial charge in [0.25, 0.3) is 0 Å². The number of hydrogen-bond donors (Lipinski definition) is 0. The second-order valence-corrected chi connectivity index (χ2v) is 9.74. The van der Waals surface area contributed by atoms with Crippen LogP contribution in [0.3, 0.4) is 0 Å². The Balaban J connectivity index is 1.69. The highest BCUT2D eigenvalue weighted by Gasteiger charge is 2.36. The molecule has 7 heteroatoms. The smallest absolute Gasteiger partial charge is 0.237 e. The van der Waals surface area contributed by atoms with Crippen molar-refractivity contribution < 1.29 is 9.59 Å². The van der Waals surface area contributed by atoms with Crippen LogP contribution in [0.15, 0.2) is 48.8 Å². The zero-order valence-corrected chi connectivity index (χ0v) is 21.4. The lowest BCUT2D eigenvalue weighted by Crippen LogP contribution is -2.47. The van der Waals surface area contributed by atoms with Crippen LogP contribution in [0.4, 0.5) is 5.69 Å². The van der Waals surface area contributed by atoms with Gasteiger partial charge < -0.3 is 9.80 Å². The van der Waals surface area contributed by atoms with Gasteiger partial charge in [-0.1, -0.05) is 32.0 Å². The predicted molar refractivity (Wildman–Crippen MR) is 139 cm³/mol. The van der Waals surface area contributed by atoms with Crippen LogP contribution in [0.1, 0.15) is 51.2 Å². The SMILES string of the molecule is CCN(CC)CC(=O)N1Cc2ccccc2N(C(C)=O)CC[C@H]2CC[C@@H](C1)N2Cc1ccncc1. The Bertz CT molecular complexity index is 994. The number of likely N-dealkylation sites (N-methyl/N-ethyl adjacent to an activating group) is 1. The first-order valence-corrected chi connectivity index (χ1v) is 13.0. The number of aromatic nitrogens is 1. The molecule has 1 saturated heterocycles. The topological polar surface area (TPSA) is 60.0 Å². The standard InChI is InChI=1S/C28H39N5O2/c1-4-30(5-2)21-28(35)31-19-24-8-6-7-9-27(24)32(22(3)34)17-14-25-10-11-26(20-31)33(25)18-23-12-15-29-16-13-23/h6-9,12-13,15-16,25-26H,4-5,10-11,14,17-21H2,1-3H3/t25-,26+/m1/s1. The minimum Gasteiger partial charge on any atom is -0.336 e. The molecule has 4 rings (SSSR count). The van der Waals surface area contributed by atoms with Crippen LogP contribution in [-0.4, -0.2) is 76.3 Å². The summed E-state index contributed by atoms with van der Waals surface area (Å²) >= 11 is 0. The molecule has 35 heavy (non-hydrogen) atoms. The lowest BCUT2D eigenvalue weighted by Gasteiger charge is -2.34. The van der Waals surface area contributed by atoms with E-state index in [1.165, 1.54) is 5.56 Å². The van der Waals surface area contributed by atoms with E-state index in [9.17, 15) is 9.59 Å². The number of fused-ring (bicyclic) bond motifs is 3. The molecule has 7 nitrogen and oxygen atoms in total. The van der Waals surface area contributed by atoms with Gasteiger partial charge >= 0.3 is 0 Å². The van der Waals surface area contributed by atoms with Crippen LogP contribution < -0.4 is 4.90 Å². The molecule has 0 unspecified atom stereocenters. The van der Waals surface area contributed by atoms with Gasteiger partial charge in [0, 0.05) is 63.3 Å². The van der Waals surface area contributed by atoms with Crippen molar-refractivity contribution in [3.8, 4) is 0 Å². The van der Waals surface area contributed by atoms with E-state index in [4.69, 9.17) is 0 Å². The molecular weight excluding hydrogens is 438 g/mol. The summed E-state index contributed by atoms with van der Waals surface area (Å²) in [5.74, 6) is 0.206. The molecule has 0 saturated carbocycles. The van der Waals surface area contributed by atoms with E-state index in [1.54, 1.807) is 6.92 Å². The van der Waals surface area contributed by atoms with Gasteiger partial charge in [0.2, 0.25) is 11.8 Å². The molecule has 2 bridgehead atoms.